The zero-order valence-electron chi connectivity index (χ0n) is 14.0. The Kier molecular flexibility index (Phi) is 4.63. The second-order valence-corrected chi connectivity index (χ2v) is 8.43. The van der Waals surface area contributed by atoms with Crippen molar-refractivity contribution < 1.29 is 5.11 Å². The van der Waals surface area contributed by atoms with Crippen LogP contribution in [0.2, 0.25) is 0 Å². The second kappa shape index (κ2) is 6.17. The van der Waals surface area contributed by atoms with E-state index in [1.165, 1.54) is 64.5 Å². The first-order valence-electron chi connectivity index (χ1n) is 9.17. The van der Waals surface area contributed by atoms with E-state index < -0.39 is 0 Å². The molecule has 1 saturated heterocycles. The molecule has 0 aromatic heterocycles. The molecule has 0 bridgehead atoms. The summed E-state index contributed by atoms with van der Waals surface area (Å²) < 4.78 is 0. The van der Waals surface area contributed by atoms with Crippen LogP contribution in [0.1, 0.15) is 71.6 Å². The molecule has 2 aliphatic carbocycles. The minimum absolute atomic E-state index is 0.0942. The van der Waals surface area contributed by atoms with E-state index >= 15 is 0 Å². The van der Waals surface area contributed by atoms with Gasteiger partial charge in [-0.2, -0.15) is 0 Å². The molecule has 3 fully saturated rings. The van der Waals surface area contributed by atoms with Gasteiger partial charge in [0.25, 0.3) is 0 Å². The molecule has 3 aliphatic rings. The lowest BCUT2D eigenvalue weighted by Gasteiger charge is -2.44. The summed E-state index contributed by atoms with van der Waals surface area (Å²) in [5, 5.41) is 13.5. The van der Waals surface area contributed by atoms with Crippen molar-refractivity contribution in [3.8, 4) is 0 Å². The van der Waals surface area contributed by atoms with Crippen molar-refractivity contribution in [3.63, 3.8) is 0 Å². The molecular weight excluding hydrogens is 260 g/mol. The molecule has 21 heavy (non-hydrogen) atoms. The average molecular weight is 294 g/mol. The van der Waals surface area contributed by atoms with Crippen LogP contribution in [0.25, 0.3) is 0 Å². The molecule has 0 aromatic rings. The summed E-state index contributed by atoms with van der Waals surface area (Å²) in [6, 6.07) is 1.24. The molecule has 0 amide bonds. The Morgan fingerprint density at radius 3 is 2.33 bits per heavy atom. The van der Waals surface area contributed by atoms with Gasteiger partial charge in [-0.1, -0.05) is 12.8 Å². The average Bonchev–Trinajstić information content (AvgIpc) is 3.17. The highest BCUT2D eigenvalue weighted by atomic mass is 16.3. The van der Waals surface area contributed by atoms with Gasteiger partial charge in [0.15, 0.2) is 0 Å². The van der Waals surface area contributed by atoms with E-state index in [-0.39, 0.29) is 12.1 Å². The van der Waals surface area contributed by atoms with Crippen molar-refractivity contribution in [2.24, 2.45) is 5.41 Å². The van der Waals surface area contributed by atoms with Gasteiger partial charge in [-0.25, -0.2) is 0 Å². The van der Waals surface area contributed by atoms with Gasteiger partial charge < -0.3 is 15.3 Å². The van der Waals surface area contributed by atoms with E-state index in [1.807, 2.05) is 0 Å². The van der Waals surface area contributed by atoms with Gasteiger partial charge in [0.2, 0.25) is 0 Å². The van der Waals surface area contributed by atoms with Gasteiger partial charge in [0.05, 0.1) is 6.61 Å². The zero-order chi connectivity index (χ0) is 14.9. The predicted octanol–water partition coefficient (Wildman–Crippen LogP) is 2.92. The molecule has 1 heterocycles. The number of nitrogens with one attached hydrogen (secondary N) is 1. The van der Waals surface area contributed by atoms with Gasteiger partial charge in [0.1, 0.15) is 0 Å². The summed E-state index contributed by atoms with van der Waals surface area (Å²) in [4.78, 5) is 2.67. The van der Waals surface area contributed by atoms with Crippen LogP contribution in [-0.2, 0) is 0 Å². The standard InChI is InChI=1S/C18H34N2O/c1-15(13-17(2,14-21)19-16-5-6-16)20-11-9-18(10-12-20)7-3-4-8-18/h15-16,19,21H,3-14H2,1-2H3. The van der Waals surface area contributed by atoms with Crippen molar-refractivity contribution in [2.45, 2.75) is 89.3 Å². The maximum atomic E-state index is 9.80. The number of nitrogens with zero attached hydrogens (tertiary/aromatic N) is 1. The normalized spacial score (nSPS) is 30.4. The largest absolute Gasteiger partial charge is 0.394 e. The van der Waals surface area contributed by atoms with Crippen molar-refractivity contribution in [1.29, 1.82) is 0 Å². The molecule has 3 heteroatoms. The molecule has 2 unspecified atom stereocenters. The number of rotatable bonds is 6. The van der Waals surface area contributed by atoms with E-state index in [1.54, 1.807) is 0 Å². The van der Waals surface area contributed by atoms with Gasteiger partial charge in [0, 0.05) is 17.6 Å². The Morgan fingerprint density at radius 1 is 1.19 bits per heavy atom. The van der Waals surface area contributed by atoms with E-state index in [0.29, 0.717) is 17.5 Å². The molecule has 0 aromatic carbocycles. The Labute approximate surface area is 130 Å². The highest BCUT2D eigenvalue weighted by Crippen LogP contribution is 2.46. The molecule has 1 aliphatic heterocycles. The lowest BCUT2D eigenvalue weighted by Crippen LogP contribution is -2.53. The zero-order valence-corrected chi connectivity index (χ0v) is 14.0. The molecule has 3 rings (SSSR count). The quantitative estimate of drug-likeness (QED) is 0.790. The maximum Gasteiger partial charge on any atom is 0.0611 e. The summed E-state index contributed by atoms with van der Waals surface area (Å²) in [6.07, 6.45) is 12.3. The van der Waals surface area contributed by atoms with Crippen LogP contribution in [-0.4, -0.2) is 47.3 Å². The lowest BCUT2D eigenvalue weighted by molar-refractivity contribution is 0.0571. The first kappa shape index (κ1) is 15.8. The van der Waals surface area contributed by atoms with Crippen molar-refractivity contribution >= 4 is 0 Å². The van der Waals surface area contributed by atoms with Crippen molar-refractivity contribution in [1.82, 2.24) is 10.2 Å². The van der Waals surface area contributed by atoms with Crippen LogP contribution in [0.4, 0.5) is 0 Å². The molecule has 0 radical (unpaired) electrons. The summed E-state index contributed by atoms with van der Waals surface area (Å²) in [5.74, 6) is 0. The third-order valence-corrected chi connectivity index (χ3v) is 6.37. The number of aliphatic hydroxyl groups excluding tert-OH is 1. The summed E-state index contributed by atoms with van der Waals surface area (Å²) in [7, 11) is 0. The Morgan fingerprint density at radius 2 is 1.81 bits per heavy atom. The SMILES string of the molecule is CC(CC(C)(CO)NC1CC1)N1CCC2(CCCC2)CC1. The Balaban J connectivity index is 1.49. The van der Waals surface area contributed by atoms with Crippen LogP contribution in [0.3, 0.4) is 0 Å². The van der Waals surface area contributed by atoms with Gasteiger partial charge >= 0.3 is 0 Å². The number of hydrogen-bond donors (Lipinski definition) is 2. The second-order valence-electron chi connectivity index (χ2n) is 8.43. The Bertz CT molecular complexity index is 339. The molecule has 2 atom stereocenters. The van der Waals surface area contributed by atoms with E-state index in [4.69, 9.17) is 0 Å². The highest BCUT2D eigenvalue weighted by Gasteiger charge is 2.39. The van der Waals surface area contributed by atoms with E-state index in [2.05, 4.69) is 24.1 Å². The molecule has 2 saturated carbocycles. The minimum Gasteiger partial charge on any atom is -0.394 e. The maximum absolute atomic E-state index is 9.80. The fourth-order valence-corrected chi connectivity index (χ4v) is 4.73. The third kappa shape index (κ3) is 3.80. The van der Waals surface area contributed by atoms with Crippen molar-refractivity contribution in [3.05, 3.63) is 0 Å². The van der Waals surface area contributed by atoms with Gasteiger partial charge in [-0.05, 0) is 77.3 Å². The van der Waals surface area contributed by atoms with Crippen LogP contribution in [0.5, 0.6) is 0 Å². The Hall–Kier alpha value is -0.120. The summed E-state index contributed by atoms with van der Waals surface area (Å²) in [6.45, 7) is 7.35. The monoisotopic (exact) mass is 294 g/mol. The van der Waals surface area contributed by atoms with E-state index in [9.17, 15) is 5.11 Å². The number of aliphatic hydroxyl groups is 1. The molecule has 122 valence electrons. The summed E-state index contributed by atoms with van der Waals surface area (Å²) >= 11 is 0. The molecular formula is C18H34N2O. The molecule has 3 nitrogen and oxygen atoms in total. The van der Waals surface area contributed by atoms with Crippen molar-refractivity contribution in [2.75, 3.05) is 19.7 Å². The topological polar surface area (TPSA) is 35.5 Å². The minimum atomic E-state index is -0.0942. The fraction of sp³-hybridized carbons (Fsp3) is 1.00. The lowest BCUT2D eigenvalue weighted by atomic mass is 9.76. The first-order valence-corrected chi connectivity index (χ1v) is 9.17. The van der Waals surface area contributed by atoms with Crippen LogP contribution in [0, 0.1) is 5.41 Å². The molecule has 1 spiro atoms. The van der Waals surface area contributed by atoms with Gasteiger partial charge in [-0.15, -0.1) is 0 Å². The highest BCUT2D eigenvalue weighted by molar-refractivity contribution is 4.96. The molecule has 2 N–H and O–H groups in total. The number of hydrogen-bond acceptors (Lipinski definition) is 3. The predicted molar refractivity (Wildman–Crippen MR) is 87.4 cm³/mol. The van der Waals surface area contributed by atoms with Crippen LogP contribution >= 0.6 is 0 Å². The fourth-order valence-electron chi connectivity index (χ4n) is 4.73. The first-order chi connectivity index (χ1) is 10.0. The third-order valence-electron chi connectivity index (χ3n) is 6.37. The van der Waals surface area contributed by atoms with Gasteiger partial charge in [-0.3, -0.25) is 0 Å². The number of likely N-dealkylation sites (tertiary alicyclic amines) is 1. The summed E-state index contributed by atoms with van der Waals surface area (Å²) in [5.41, 5.74) is 0.617. The smallest absolute Gasteiger partial charge is 0.0611 e. The van der Waals surface area contributed by atoms with Crippen LogP contribution < -0.4 is 5.32 Å². The number of piperidine rings is 1. The van der Waals surface area contributed by atoms with Crippen LogP contribution in [0.15, 0.2) is 0 Å². The van der Waals surface area contributed by atoms with E-state index in [0.717, 1.165) is 6.42 Å².